The van der Waals surface area contributed by atoms with Gasteiger partial charge in [0.1, 0.15) is 10.6 Å². The van der Waals surface area contributed by atoms with Gasteiger partial charge in [-0.15, -0.1) is 0 Å². The molecule has 31 heavy (non-hydrogen) atoms. The average molecular weight is 449 g/mol. The highest BCUT2D eigenvalue weighted by Gasteiger charge is 2.40. The summed E-state index contributed by atoms with van der Waals surface area (Å²) in [6.07, 6.45) is 0. The Morgan fingerprint density at radius 3 is 2.10 bits per heavy atom. The minimum absolute atomic E-state index is 0.275. The molecule has 0 bridgehead atoms. The van der Waals surface area contributed by atoms with E-state index in [1.54, 1.807) is 24.3 Å². The third-order valence-electron chi connectivity index (χ3n) is 5.01. The summed E-state index contributed by atoms with van der Waals surface area (Å²) in [5.74, 6) is -0.716. The second-order valence-electron chi connectivity index (χ2n) is 7.48. The summed E-state index contributed by atoms with van der Waals surface area (Å²) in [6.45, 7) is 5.95. The smallest absolute Gasteiger partial charge is 0.283 e. The SMILES string of the molecule is Cc1ccc(N2C(=O)C(Nc3ccc(C)cc3C)=C(Sc3ccc(Cl)cc3)C2=O)cc1. The fourth-order valence-electron chi connectivity index (χ4n) is 3.35. The molecule has 0 unspecified atom stereocenters. The van der Waals surface area contributed by atoms with E-state index in [9.17, 15) is 9.59 Å². The first-order valence-corrected chi connectivity index (χ1v) is 11.0. The maximum atomic E-state index is 13.4. The Morgan fingerprint density at radius 1 is 0.806 bits per heavy atom. The first kappa shape index (κ1) is 21.2. The van der Waals surface area contributed by atoms with Gasteiger partial charge in [0, 0.05) is 15.6 Å². The van der Waals surface area contributed by atoms with Crippen molar-refractivity contribution in [3.05, 3.63) is 99.0 Å². The van der Waals surface area contributed by atoms with Crippen LogP contribution in [0.25, 0.3) is 0 Å². The fourth-order valence-corrected chi connectivity index (χ4v) is 4.40. The summed E-state index contributed by atoms with van der Waals surface area (Å²) in [5, 5.41) is 3.84. The minimum Gasteiger partial charge on any atom is -0.350 e. The largest absolute Gasteiger partial charge is 0.350 e. The lowest BCUT2D eigenvalue weighted by Gasteiger charge is -2.16. The predicted octanol–water partition coefficient (Wildman–Crippen LogP) is 6.25. The molecule has 0 spiro atoms. The maximum Gasteiger partial charge on any atom is 0.283 e. The topological polar surface area (TPSA) is 49.4 Å². The Kier molecular flexibility index (Phi) is 5.90. The van der Waals surface area contributed by atoms with Gasteiger partial charge in [0.2, 0.25) is 0 Å². The monoisotopic (exact) mass is 448 g/mol. The number of nitrogens with zero attached hydrogens (tertiary/aromatic N) is 1. The third kappa shape index (κ3) is 4.38. The maximum absolute atomic E-state index is 13.4. The Labute approximate surface area is 190 Å². The zero-order chi connectivity index (χ0) is 22.1. The van der Waals surface area contributed by atoms with Crippen LogP contribution in [0, 0.1) is 20.8 Å². The van der Waals surface area contributed by atoms with Gasteiger partial charge < -0.3 is 5.32 Å². The van der Waals surface area contributed by atoms with Gasteiger partial charge in [-0.05, 0) is 68.8 Å². The van der Waals surface area contributed by atoms with Crippen molar-refractivity contribution in [3.8, 4) is 0 Å². The quantitative estimate of drug-likeness (QED) is 0.468. The van der Waals surface area contributed by atoms with Gasteiger partial charge in [-0.25, -0.2) is 4.90 Å². The van der Waals surface area contributed by atoms with Crippen molar-refractivity contribution < 1.29 is 9.59 Å². The third-order valence-corrected chi connectivity index (χ3v) is 6.35. The normalized spacial score (nSPS) is 13.9. The van der Waals surface area contributed by atoms with Crippen molar-refractivity contribution in [2.75, 3.05) is 10.2 Å². The number of aryl methyl sites for hydroxylation is 3. The Balaban J connectivity index is 1.75. The molecule has 2 amide bonds. The number of anilines is 2. The summed E-state index contributed by atoms with van der Waals surface area (Å²) in [4.78, 5) is 29.2. The fraction of sp³-hybridized carbons (Fsp3) is 0.120. The van der Waals surface area contributed by atoms with Gasteiger partial charge >= 0.3 is 0 Å². The molecule has 0 saturated carbocycles. The number of rotatable bonds is 5. The van der Waals surface area contributed by atoms with Crippen LogP contribution in [0.15, 0.2) is 82.2 Å². The van der Waals surface area contributed by atoms with Crippen LogP contribution < -0.4 is 10.2 Å². The second kappa shape index (κ2) is 8.61. The molecule has 0 aromatic heterocycles. The first-order chi connectivity index (χ1) is 14.8. The van der Waals surface area contributed by atoms with E-state index in [1.165, 1.54) is 16.7 Å². The molecule has 3 aromatic carbocycles. The van der Waals surface area contributed by atoms with Crippen molar-refractivity contribution in [1.82, 2.24) is 0 Å². The molecule has 1 N–H and O–H groups in total. The first-order valence-electron chi connectivity index (χ1n) is 9.81. The number of hydrogen-bond acceptors (Lipinski definition) is 4. The number of amides is 2. The molecule has 156 valence electrons. The molecule has 0 saturated heterocycles. The number of hydrogen-bond donors (Lipinski definition) is 1. The summed E-state index contributed by atoms with van der Waals surface area (Å²) >= 11 is 7.26. The zero-order valence-electron chi connectivity index (χ0n) is 17.4. The number of benzene rings is 3. The molecule has 0 fully saturated rings. The van der Waals surface area contributed by atoms with Crippen LogP contribution in [-0.2, 0) is 9.59 Å². The number of thioether (sulfide) groups is 1. The van der Waals surface area contributed by atoms with Crippen molar-refractivity contribution in [2.24, 2.45) is 0 Å². The molecule has 1 aliphatic heterocycles. The van der Waals surface area contributed by atoms with Crippen LogP contribution in [-0.4, -0.2) is 11.8 Å². The standard InChI is InChI=1S/C25H21ClN2O2S/c1-15-4-9-19(10-5-15)28-24(29)22(27-21-13-6-16(2)14-17(21)3)23(25(28)30)31-20-11-7-18(26)8-12-20/h4-14,27H,1-3H3. The zero-order valence-corrected chi connectivity index (χ0v) is 19.0. The molecule has 1 aliphatic rings. The van der Waals surface area contributed by atoms with E-state index in [1.807, 2.05) is 63.2 Å². The highest BCUT2D eigenvalue weighted by molar-refractivity contribution is 8.04. The Bertz CT molecular complexity index is 1200. The molecule has 0 atom stereocenters. The molecule has 0 radical (unpaired) electrons. The highest BCUT2D eigenvalue weighted by atomic mass is 35.5. The predicted molar refractivity (Wildman–Crippen MR) is 128 cm³/mol. The Morgan fingerprint density at radius 2 is 1.45 bits per heavy atom. The Hall–Kier alpha value is -3.02. The van der Waals surface area contributed by atoms with Crippen LogP contribution in [0.2, 0.25) is 5.02 Å². The van der Waals surface area contributed by atoms with E-state index in [0.717, 1.165) is 27.3 Å². The van der Waals surface area contributed by atoms with Gasteiger partial charge in [0.25, 0.3) is 11.8 Å². The molecular formula is C25H21ClN2O2S. The molecule has 1 heterocycles. The molecule has 4 nitrogen and oxygen atoms in total. The van der Waals surface area contributed by atoms with Crippen LogP contribution in [0.1, 0.15) is 16.7 Å². The highest BCUT2D eigenvalue weighted by Crippen LogP contribution is 2.38. The minimum atomic E-state index is -0.370. The molecule has 0 aliphatic carbocycles. The van der Waals surface area contributed by atoms with Crippen molar-refractivity contribution in [1.29, 1.82) is 0 Å². The van der Waals surface area contributed by atoms with Gasteiger partial charge in [-0.2, -0.15) is 0 Å². The molecule has 6 heteroatoms. The van der Waals surface area contributed by atoms with Crippen LogP contribution in [0.4, 0.5) is 11.4 Å². The van der Waals surface area contributed by atoms with Crippen LogP contribution in [0.3, 0.4) is 0 Å². The van der Waals surface area contributed by atoms with Crippen LogP contribution in [0.5, 0.6) is 0 Å². The second-order valence-corrected chi connectivity index (χ2v) is 9.00. The number of halogens is 1. The lowest BCUT2D eigenvalue weighted by molar-refractivity contribution is -0.120. The molecule has 3 aromatic rings. The summed E-state index contributed by atoms with van der Waals surface area (Å²) in [7, 11) is 0. The van der Waals surface area contributed by atoms with Gasteiger partial charge in [-0.3, -0.25) is 9.59 Å². The van der Waals surface area contributed by atoms with E-state index >= 15 is 0 Å². The summed E-state index contributed by atoms with van der Waals surface area (Å²) in [5.41, 5.74) is 4.80. The summed E-state index contributed by atoms with van der Waals surface area (Å²) < 4.78 is 0. The van der Waals surface area contributed by atoms with E-state index in [-0.39, 0.29) is 17.5 Å². The lowest BCUT2D eigenvalue weighted by atomic mass is 10.1. The van der Waals surface area contributed by atoms with Crippen molar-refractivity contribution in [3.63, 3.8) is 0 Å². The molecular weight excluding hydrogens is 428 g/mol. The van der Waals surface area contributed by atoms with Crippen molar-refractivity contribution >= 4 is 46.6 Å². The number of carbonyl (C=O) groups is 2. The lowest BCUT2D eigenvalue weighted by Crippen LogP contribution is -2.32. The van der Waals surface area contributed by atoms with Gasteiger partial charge in [-0.1, -0.05) is 58.8 Å². The van der Waals surface area contributed by atoms with Gasteiger partial charge in [0.15, 0.2) is 0 Å². The average Bonchev–Trinajstić information content (AvgIpc) is 2.96. The van der Waals surface area contributed by atoms with Crippen molar-refractivity contribution in [2.45, 2.75) is 25.7 Å². The van der Waals surface area contributed by atoms with E-state index in [0.29, 0.717) is 15.6 Å². The molecule has 4 rings (SSSR count). The number of nitrogens with one attached hydrogen (secondary N) is 1. The van der Waals surface area contributed by atoms with E-state index < -0.39 is 0 Å². The van der Waals surface area contributed by atoms with Gasteiger partial charge in [0.05, 0.1) is 5.69 Å². The van der Waals surface area contributed by atoms with E-state index in [2.05, 4.69) is 5.32 Å². The van der Waals surface area contributed by atoms with E-state index in [4.69, 9.17) is 11.6 Å². The number of carbonyl (C=O) groups excluding carboxylic acids is 2. The van der Waals surface area contributed by atoms with Crippen LogP contribution >= 0.6 is 23.4 Å². The summed E-state index contributed by atoms with van der Waals surface area (Å²) in [6, 6.07) is 20.5. The number of imide groups is 1.